The molecule has 0 atom stereocenters. The Morgan fingerprint density at radius 1 is 1.07 bits per heavy atom. The Labute approximate surface area is 77.4 Å². The lowest BCUT2D eigenvalue weighted by atomic mass is 10.6. The number of hydrogen-bond acceptors (Lipinski definition) is 7. The molecule has 0 aromatic carbocycles. The van der Waals surface area contributed by atoms with Gasteiger partial charge in [0.25, 0.3) is 11.8 Å². The standard InChI is InChI=1S/C5H6N4O5/c10-3-1-13-6-8(3)5(12)9-4(11)2-14-7-9/h6-7H,1-2H2. The number of urea groups is 1. The molecule has 0 bridgehead atoms. The minimum absolute atomic E-state index is 0.255. The van der Waals surface area contributed by atoms with Crippen LogP contribution in [0.15, 0.2) is 0 Å². The summed E-state index contributed by atoms with van der Waals surface area (Å²) in [6.45, 7) is -0.511. The summed E-state index contributed by atoms with van der Waals surface area (Å²) in [5.74, 6) is -1.17. The Bertz CT molecular complexity index is 276. The lowest BCUT2D eigenvalue weighted by Crippen LogP contribution is -2.52. The zero-order valence-corrected chi connectivity index (χ0v) is 6.85. The van der Waals surface area contributed by atoms with E-state index in [1.54, 1.807) is 0 Å². The summed E-state index contributed by atoms with van der Waals surface area (Å²) in [4.78, 5) is 42.3. The summed E-state index contributed by atoms with van der Waals surface area (Å²) < 4.78 is 0. The molecule has 0 unspecified atom stereocenters. The van der Waals surface area contributed by atoms with E-state index in [1.165, 1.54) is 0 Å². The van der Waals surface area contributed by atoms with Crippen LogP contribution in [0, 0.1) is 0 Å². The third-order valence-corrected chi connectivity index (χ3v) is 1.58. The van der Waals surface area contributed by atoms with Crippen molar-refractivity contribution in [2.24, 2.45) is 0 Å². The molecule has 4 amide bonds. The van der Waals surface area contributed by atoms with Gasteiger partial charge in [0.05, 0.1) is 0 Å². The first kappa shape index (κ1) is 9.02. The summed E-state index contributed by atoms with van der Waals surface area (Å²) in [5, 5.41) is 1.14. The number of nitrogens with zero attached hydrogens (tertiary/aromatic N) is 2. The second-order valence-electron chi connectivity index (χ2n) is 2.50. The summed E-state index contributed by atoms with van der Waals surface area (Å²) in [7, 11) is 0. The highest BCUT2D eigenvalue weighted by Gasteiger charge is 2.37. The van der Waals surface area contributed by atoms with Crippen molar-refractivity contribution in [3.63, 3.8) is 0 Å². The molecule has 0 radical (unpaired) electrons. The van der Waals surface area contributed by atoms with E-state index >= 15 is 0 Å². The molecule has 2 rings (SSSR count). The number of hydrogen-bond donors (Lipinski definition) is 2. The van der Waals surface area contributed by atoms with E-state index in [4.69, 9.17) is 0 Å². The van der Waals surface area contributed by atoms with E-state index in [2.05, 4.69) is 9.68 Å². The minimum Gasteiger partial charge on any atom is -0.272 e. The van der Waals surface area contributed by atoms with Gasteiger partial charge < -0.3 is 0 Å². The first-order valence-electron chi connectivity index (χ1n) is 3.65. The SMILES string of the molecule is O=C1CONN1C(=O)N1NOCC1=O. The molecule has 2 saturated heterocycles. The maximum atomic E-state index is 11.4. The molecular formula is C5H6N4O5. The zero-order valence-electron chi connectivity index (χ0n) is 6.85. The van der Waals surface area contributed by atoms with Crippen LogP contribution >= 0.6 is 0 Å². The van der Waals surface area contributed by atoms with E-state index < -0.39 is 17.8 Å². The van der Waals surface area contributed by atoms with Crippen LogP contribution in [0.5, 0.6) is 0 Å². The van der Waals surface area contributed by atoms with Gasteiger partial charge in [-0.25, -0.2) is 4.79 Å². The summed E-state index contributed by atoms with van der Waals surface area (Å²) in [6.07, 6.45) is 0. The van der Waals surface area contributed by atoms with E-state index in [9.17, 15) is 14.4 Å². The molecule has 2 fully saturated rings. The average Bonchev–Trinajstić information content (AvgIpc) is 2.73. The van der Waals surface area contributed by atoms with E-state index in [1.807, 2.05) is 11.2 Å². The third kappa shape index (κ3) is 1.33. The van der Waals surface area contributed by atoms with Crippen LogP contribution in [0.3, 0.4) is 0 Å². The maximum Gasteiger partial charge on any atom is 0.366 e. The van der Waals surface area contributed by atoms with Crippen LogP contribution in [0.25, 0.3) is 0 Å². The smallest absolute Gasteiger partial charge is 0.272 e. The molecule has 2 heterocycles. The predicted molar refractivity (Wildman–Crippen MR) is 37.3 cm³/mol. The molecule has 0 aliphatic carbocycles. The fourth-order valence-corrected chi connectivity index (χ4v) is 0.939. The highest BCUT2D eigenvalue weighted by atomic mass is 16.7. The molecular weight excluding hydrogens is 196 g/mol. The summed E-state index contributed by atoms with van der Waals surface area (Å²) in [6, 6.07) is -0.894. The van der Waals surface area contributed by atoms with Crippen molar-refractivity contribution in [2.75, 3.05) is 13.2 Å². The average molecular weight is 202 g/mol. The molecule has 0 saturated carbocycles. The fraction of sp³-hybridized carbons (Fsp3) is 0.400. The predicted octanol–water partition coefficient (Wildman–Crippen LogP) is -2.34. The monoisotopic (exact) mass is 202 g/mol. The first-order valence-corrected chi connectivity index (χ1v) is 3.65. The van der Waals surface area contributed by atoms with Gasteiger partial charge in [0.15, 0.2) is 13.2 Å². The molecule has 2 aliphatic heterocycles. The lowest BCUT2D eigenvalue weighted by molar-refractivity contribution is -0.129. The van der Waals surface area contributed by atoms with Crippen LogP contribution in [-0.4, -0.2) is 41.1 Å². The van der Waals surface area contributed by atoms with Gasteiger partial charge in [-0.15, -0.1) is 11.2 Å². The maximum absolute atomic E-state index is 11.4. The van der Waals surface area contributed by atoms with Gasteiger partial charge in [0, 0.05) is 0 Å². The van der Waals surface area contributed by atoms with Crippen LogP contribution in [0.4, 0.5) is 4.79 Å². The van der Waals surface area contributed by atoms with Gasteiger partial charge in [-0.2, -0.15) is 10.0 Å². The number of hydrazine groups is 2. The molecule has 9 heteroatoms. The molecule has 76 valence electrons. The van der Waals surface area contributed by atoms with Crippen molar-refractivity contribution >= 4 is 17.8 Å². The van der Waals surface area contributed by atoms with E-state index in [0.717, 1.165) is 0 Å². The van der Waals surface area contributed by atoms with Crippen molar-refractivity contribution in [2.45, 2.75) is 0 Å². The summed E-state index contributed by atoms with van der Waals surface area (Å²) >= 11 is 0. The molecule has 2 aliphatic rings. The Hall–Kier alpha value is -1.55. The number of imide groups is 2. The molecule has 0 spiro atoms. The van der Waals surface area contributed by atoms with Gasteiger partial charge in [-0.1, -0.05) is 0 Å². The number of amides is 4. The second kappa shape index (κ2) is 3.31. The van der Waals surface area contributed by atoms with E-state index in [-0.39, 0.29) is 13.2 Å². The van der Waals surface area contributed by atoms with Crippen LogP contribution in [0.1, 0.15) is 0 Å². The Morgan fingerprint density at radius 2 is 1.50 bits per heavy atom. The Balaban J connectivity index is 2.07. The van der Waals surface area contributed by atoms with Crippen molar-refractivity contribution in [3.8, 4) is 0 Å². The van der Waals surface area contributed by atoms with Crippen LogP contribution in [0.2, 0.25) is 0 Å². The topological polar surface area (TPSA) is 100 Å². The first-order chi connectivity index (χ1) is 6.70. The van der Waals surface area contributed by atoms with Gasteiger partial charge in [-0.3, -0.25) is 19.3 Å². The third-order valence-electron chi connectivity index (χ3n) is 1.58. The zero-order chi connectivity index (χ0) is 10.1. The number of carbonyl (C=O) groups excluding carboxylic acids is 3. The Kier molecular flexibility index (Phi) is 2.13. The molecule has 0 aromatic rings. The van der Waals surface area contributed by atoms with Gasteiger partial charge in [0.1, 0.15) is 0 Å². The van der Waals surface area contributed by atoms with Crippen molar-refractivity contribution < 1.29 is 24.1 Å². The van der Waals surface area contributed by atoms with Crippen LogP contribution < -0.4 is 11.2 Å². The van der Waals surface area contributed by atoms with Crippen molar-refractivity contribution in [1.29, 1.82) is 0 Å². The molecule has 9 nitrogen and oxygen atoms in total. The number of rotatable bonds is 0. The second-order valence-corrected chi connectivity index (χ2v) is 2.50. The number of nitrogens with one attached hydrogen (secondary N) is 2. The fourth-order valence-electron chi connectivity index (χ4n) is 0.939. The minimum atomic E-state index is -0.894. The highest BCUT2D eigenvalue weighted by molar-refractivity contribution is 6.02. The van der Waals surface area contributed by atoms with E-state index in [0.29, 0.717) is 10.0 Å². The molecule has 2 N–H and O–H groups in total. The molecule has 0 aromatic heterocycles. The Morgan fingerprint density at radius 3 is 1.79 bits per heavy atom. The van der Waals surface area contributed by atoms with Gasteiger partial charge in [0.2, 0.25) is 0 Å². The van der Waals surface area contributed by atoms with Crippen molar-refractivity contribution in [1.82, 2.24) is 21.2 Å². The normalized spacial score (nSPS) is 22.3. The highest BCUT2D eigenvalue weighted by Crippen LogP contribution is 2.04. The van der Waals surface area contributed by atoms with Crippen molar-refractivity contribution in [3.05, 3.63) is 0 Å². The quantitative estimate of drug-likeness (QED) is 0.454. The molecule has 14 heavy (non-hydrogen) atoms. The summed E-state index contributed by atoms with van der Waals surface area (Å²) in [5.41, 5.74) is 4.10. The van der Waals surface area contributed by atoms with Gasteiger partial charge >= 0.3 is 6.03 Å². The van der Waals surface area contributed by atoms with Gasteiger partial charge in [-0.05, 0) is 0 Å². The lowest BCUT2D eigenvalue weighted by Gasteiger charge is -2.17. The largest absolute Gasteiger partial charge is 0.366 e. The van der Waals surface area contributed by atoms with Crippen LogP contribution in [-0.2, 0) is 19.3 Å². The number of carbonyl (C=O) groups is 3.